The highest BCUT2D eigenvalue weighted by Crippen LogP contribution is 2.33. The van der Waals surface area contributed by atoms with Gasteiger partial charge in [0.05, 0.1) is 23.4 Å². The number of furan rings is 1. The van der Waals surface area contributed by atoms with Gasteiger partial charge >= 0.3 is 0 Å². The van der Waals surface area contributed by atoms with Crippen LogP contribution in [0.15, 0.2) is 82.6 Å². The zero-order chi connectivity index (χ0) is 22.8. The van der Waals surface area contributed by atoms with E-state index in [1.165, 1.54) is 21.5 Å². The van der Waals surface area contributed by atoms with Gasteiger partial charge in [-0.25, -0.2) is 5.01 Å². The molecule has 2 N–H and O–H groups in total. The fourth-order valence-electron chi connectivity index (χ4n) is 3.37. The number of thioether (sulfide) groups is 1. The lowest BCUT2D eigenvalue weighted by Crippen LogP contribution is -2.40. The SMILES string of the molecule is O=C(CSc1nnnn1-c1ccc(O)cc1)N1NC(c2ccc(Cl)cc2)=C[C@@H]1c1ccco1. The third kappa shape index (κ3) is 4.43. The number of halogens is 1. The van der Waals surface area contributed by atoms with Crippen molar-refractivity contribution in [3.05, 3.63) is 89.3 Å². The average molecular weight is 481 g/mol. The lowest BCUT2D eigenvalue weighted by molar-refractivity contribution is -0.131. The molecule has 1 aliphatic rings. The maximum Gasteiger partial charge on any atom is 0.252 e. The van der Waals surface area contributed by atoms with Crippen LogP contribution in [-0.4, -0.2) is 42.0 Å². The Bertz CT molecular complexity index is 1290. The Morgan fingerprint density at radius 2 is 1.94 bits per heavy atom. The van der Waals surface area contributed by atoms with E-state index in [1.54, 1.807) is 48.7 Å². The van der Waals surface area contributed by atoms with E-state index in [2.05, 4.69) is 21.0 Å². The number of nitrogens with zero attached hydrogens (tertiary/aromatic N) is 5. The molecule has 2 aromatic heterocycles. The van der Waals surface area contributed by atoms with Gasteiger partial charge in [-0.05, 0) is 70.6 Å². The normalized spacial score (nSPS) is 15.4. The molecule has 3 heterocycles. The third-order valence-electron chi connectivity index (χ3n) is 4.96. The molecule has 0 spiro atoms. The lowest BCUT2D eigenvalue weighted by Gasteiger charge is -2.23. The van der Waals surface area contributed by atoms with E-state index in [-0.39, 0.29) is 17.4 Å². The zero-order valence-electron chi connectivity index (χ0n) is 17.0. The number of nitrogens with one attached hydrogen (secondary N) is 1. The number of phenolic OH excluding ortho intramolecular Hbond substituents is 1. The van der Waals surface area contributed by atoms with Crippen LogP contribution in [0.25, 0.3) is 11.4 Å². The number of benzene rings is 2. The third-order valence-corrected chi connectivity index (χ3v) is 6.12. The van der Waals surface area contributed by atoms with E-state index in [4.69, 9.17) is 16.0 Å². The van der Waals surface area contributed by atoms with Gasteiger partial charge in [0, 0.05) is 5.02 Å². The quantitative estimate of drug-likeness (QED) is 0.401. The van der Waals surface area contributed by atoms with Gasteiger partial charge in [-0.1, -0.05) is 35.5 Å². The zero-order valence-corrected chi connectivity index (χ0v) is 18.6. The molecule has 2 aromatic carbocycles. The number of aromatic nitrogens is 4. The smallest absolute Gasteiger partial charge is 0.252 e. The van der Waals surface area contributed by atoms with Crippen molar-refractivity contribution in [1.29, 1.82) is 0 Å². The van der Waals surface area contributed by atoms with Crippen molar-refractivity contribution in [2.75, 3.05) is 5.75 Å². The largest absolute Gasteiger partial charge is 0.508 e. The Morgan fingerprint density at radius 3 is 2.67 bits per heavy atom. The summed E-state index contributed by atoms with van der Waals surface area (Å²) >= 11 is 7.22. The maximum absolute atomic E-state index is 13.2. The van der Waals surface area contributed by atoms with Crippen molar-refractivity contribution in [1.82, 2.24) is 30.6 Å². The molecule has 0 fully saturated rings. The Hall–Kier alpha value is -3.76. The monoisotopic (exact) mass is 480 g/mol. The molecule has 1 amide bonds. The van der Waals surface area contributed by atoms with E-state index in [0.717, 1.165) is 11.3 Å². The van der Waals surface area contributed by atoms with Crippen LogP contribution in [0, 0.1) is 0 Å². The molecule has 4 aromatic rings. The summed E-state index contributed by atoms with van der Waals surface area (Å²) in [6, 6.07) is 17.0. The molecule has 0 radical (unpaired) electrons. The van der Waals surface area contributed by atoms with Gasteiger partial charge in [-0.2, -0.15) is 4.68 Å². The van der Waals surface area contributed by atoms with Crippen LogP contribution in [-0.2, 0) is 4.79 Å². The van der Waals surface area contributed by atoms with E-state index in [1.807, 2.05) is 24.3 Å². The second-order valence-electron chi connectivity index (χ2n) is 7.10. The standard InChI is InChI=1S/C22H17ClN6O3S/c23-15-5-3-14(4-6-15)18-12-19(20-2-1-11-32-20)29(25-18)21(31)13-33-22-24-26-27-28(22)16-7-9-17(30)10-8-16/h1-12,19,25,30H,13H2/t19-/m1/s1. The van der Waals surface area contributed by atoms with Crippen LogP contribution in [0.3, 0.4) is 0 Å². The second kappa shape index (κ2) is 9.00. The number of amides is 1. The van der Waals surface area contributed by atoms with Crippen LogP contribution in [0.5, 0.6) is 5.75 Å². The first kappa shape index (κ1) is 21.1. The van der Waals surface area contributed by atoms with Crippen LogP contribution in [0.2, 0.25) is 5.02 Å². The molecule has 33 heavy (non-hydrogen) atoms. The van der Waals surface area contributed by atoms with E-state index >= 15 is 0 Å². The van der Waals surface area contributed by atoms with Crippen LogP contribution < -0.4 is 5.43 Å². The Labute approximate surface area is 197 Å². The first-order chi connectivity index (χ1) is 16.1. The molecule has 0 saturated carbocycles. The minimum absolute atomic E-state index is 0.0877. The number of aromatic hydroxyl groups is 1. The molecular weight excluding hydrogens is 464 g/mol. The molecule has 0 saturated heterocycles. The molecule has 0 aliphatic carbocycles. The Morgan fingerprint density at radius 1 is 1.15 bits per heavy atom. The van der Waals surface area contributed by atoms with Gasteiger partial charge in [0.2, 0.25) is 5.16 Å². The fourth-order valence-corrected chi connectivity index (χ4v) is 4.24. The van der Waals surface area contributed by atoms with E-state index < -0.39 is 6.04 Å². The highest BCUT2D eigenvalue weighted by atomic mass is 35.5. The minimum Gasteiger partial charge on any atom is -0.508 e. The maximum atomic E-state index is 13.2. The number of phenols is 1. The number of hydrazine groups is 1. The summed E-state index contributed by atoms with van der Waals surface area (Å²) in [4.78, 5) is 13.2. The summed E-state index contributed by atoms with van der Waals surface area (Å²) in [6.45, 7) is 0. The molecule has 0 unspecified atom stereocenters. The molecule has 5 rings (SSSR count). The summed E-state index contributed by atoms with van der Waals surface area (Å²) in [7, 11) is 0. The number of carbonyl (C=O) groups excluding carboxylic acids is 1. The van der Waals surface area contributed by atoms with E-state index in [9.17, 15) is 9.90 Å². The molecule has 1 aliphatic heterocycles. The summed E-state index contributed by atoms with van der Waals surface area (Å²) in [6.07, 6.45) is 3.51. The minimum atomic E-state index is -0.410. The summed E-state index contributed by atoms with van der Waals surface area (Å²) in [5.41, 5.74) is 5.54. The number of hydrogen-bond donors (Lipinski definition) is 2. The Kier molecular flexibility index (Phi) is 5.76. The van der Waals surface area contributed by atoms with Gasteiger partial charge < -0.3 is 9.52 Å². The predicted octanol–water partition coefficient (Wildman–Crippen LogP) is 3.84. The summed E-state index contributed by atoms with van der Waals surface area (Å²) < 4.78 is 7.08. The first-order valence-electron chi connectivity index (χ1n) is 9.89. The summed E-state index contributed by atoms with van der Waals surface area (Å²) in [5.74, 6) is 0.689. The van der Waals surface area contributed by atoms with Crippen molar-refractivity contribution in [2.24, 2.45) is 0 Å². The van der Waals surface area contributed by atoms with Crippen LogP contribution in [0.1, 0.15) is 17.4 Å². The average Bonchev–Trinajstić information content (AvgIpc) is 3.59. The lowest BCUT2D eigenvalue weighted by atomic mass is 10.1. The predicted molar refractivity (Wildman–Crippen MR) is 122 cm³/mol. The van der Waals surface area contributed by atoms with Crippen molar-refractivity contribution in [3.63, 3.8) is 0 Å². The van der Waals surface area contributed by atoms with Crippen molar-refractivity contribution < 1.29 is 14.3 Å². The fraction of sp³-hybridized carbons (Fsp3) is 0.0909. The van der Waals surface area contributed by atoms with Crippen molar-refractivity contribution in [2.45, 2.75) is 11.2 Å². The van der Waals surface area contributed by atoms with Crippen molar-refractivity contribution >= 4 is 35.0 Å². The molecule has 11 heteroatoms. The van der Waals surface area contributed by atoms with Gasteiger partial charge in [0.15, 0.2) is 0 Å². The number of hydrogen-bond acceptors (Lipinski definition) is 8. The highest BCUT2D eigenvalue weighted by molar-refractivity contribution is 7.99. The topological polar surface area (TPSA) is 109 Å². The van der Waals surface area contributed by atoms with Gasteiger partial charge in [-0.15, -0.1) is 5.10 Å². The molecule has 1 atom stereocenters. The number of carbonyl (C=O) groups is 1. The number of rotatable bonds is 6. The van der Waals surface area contributed by atoms with Crippen LogP contribution >= 0.6 is 23.4 Å². The van der Waals surface area contributed by atoms with Gasteiger partial charge in [-0.3, -0.25) is 10.2 Å². The van der Waals surface area contributed by atoms with E-state index in [0.29, 0.717) is 21.6 Å². The molecule has 166 valence electrons. The molecule has 0 bridgehead atoms. The highest BCUT2D eigenvalue weighted by Gasteiger charge is 2.32. The second-order valence-corrected chi connectivity index (χ2v) is 8.48. The molecular formula is C22H17ClN6O3S. The summed E-state index contributed by atoms with van der Waals surface area (Å²) in [5, 5.41) is 23.8. The Balaban J connectivity index is 1.33. The molecule has 9 nitrogen and oxygen atoms in total. The van der Waals surface area contributed by atoms with Crippen LogP contribution in [0.4, 0.5) is 0 Å². The number of tetrazole rings is 1. The van der Waals surface area contributed by atoms with Gasteiger partial charge in [0.25, 0.3) is 5.91 Å². The van der Waals surface area contributed by atoms with Gasteiger partial charge in [0.1, 0.15) is 17.6 Å². The first-order valence-corrected chi connectivity index (χ1v) is 11.3. The van der Waals surface area contributed by atoms with Crippen molar-refractivity contribution in [3.8, 4) is 11.4 Å².